The van der Waals surface area contributed by atoms with Crippen LogP contribution in [0.15, 0.2) is 49.1 Å². The van der Waals surface area contributed by atoms with Gasteiger partial charge in [-0.1, -0.05) is 18.2 Å². The van der Waals surface area contributed by atoms with Crippen LogP contribution in [0.1, 0.15) is 106 Å². The molecule has 0 heterocycles. The minimum Gasteiger partial charge on any atom is -0.432 e. The van der Waals surface area contributed by atoms with Crippen molar-refractivity contribution < 1.29 is 40.2 Å². The van der Waals surface area contributed by atoms with Gasteiger partial charge in [-0.3, -0.25) is 0 Å². The van der Waals surface area contributed by atoms with Gasteiger partial charge >= 0.3 is 12.5 Å². The van der Waals surface area contributed by atoms with E-state index in [2.05, 4.69) is 11.3 Å². The molecule has 9 heteroatoms. The molecule has 242 valence electrons. The van der Waals surface area contributed by atoms with Crippen molar-refractivity contribution in [1.29, 1.82) is 0 Å². The Kier molecular flexibility index (Phi) is 10.2. The summed E-state index contributed by atoms with van der Waals surface area (Å²) in [7, 11) is 0. The smallest absolute Gasteiger partial charge is 0.432 e. The van der Waals surface area contributed by atoms with Crippen LogP contribution in [-0.2, 0) is 0 Å². The average molecular weight is 627 g/mol. The molecule has 2 aromatic rings. The summed E-state index contributed by atoms with van der Waals surface area (Å²) in [6.45, 7) is 3.88. The molecule has 2 aromatic carbocycles. The van der Waals surface area contributed by atoms with E-state index in [4.69, 9.17) is 4.74 Å². The lowest BCUT2D eigenvalue weighted by Crippen LogP contribution is -2.37. The number of allylic oxidation sites excluding steroid dienone is 1. The van der Waals surface area contributed by atoms with E-state index >= 15 is 4.39 Å². The fourth-order valence-corrected chi connectivity index (χ4v) is 7.92. The quantitative estimate of drug-likeness (QED) is 0.204. The van der Waals surface area contributed by atoms with Gasteiger partial charge in [0.2, 0.25) is 0 Å². The van der Waals surface area contributed by atoms with Crippen molar-refractivity contribution >= 4 is 0 Å². The summed E-state index contributed by atoms with van der Waals surface area (Å²) in [5.74, 6) is -2.16. The third-order valence-electron chi connectivity index (χ3n) is 10.4. The minimum absolute atomic E-state index is 0.0656. The minimum atomic E-state index is -5.12. The van der Waals surface area contributed by atoms with Gasteiger partial charge < -0.3 is 9.47 Å². The first kappa shape index (κ1) is 32.7. The Morgan fingerprint density at radius 2 is 1.30 bits per heavy atom. The van der Waals surface area contributed by atoms with Crippen LogP contribution in [0.3, 0.4) is 0 Å². The van der Waals surface area contributed by atoms with E-state index in [-0.39, 0.29) is 24.6 Å². The van der Waals surface area contributed by atoms with Crippen LogP contribution in [0.2, 0.25) is 0 Å². The summed E-state index contributed by atoms with van der Waals surface area (Å²) in [6.07, 6.45) is 4.91. The molecule has 0 spiro atoms. The molecule has 2 nitrogen and oxygen atoms in total. The van der Waals surface area contributed by atoms with Gasteiger partial charge in [-0.05, 0) is 142 Å². The number of benzene rings is 2. The van der Waals surface area contributed by atoms with Gasteiger partial charge in [0.05, 0.1) is 5.92 Å². The fraction of sp³-hybridized carbons (Fsp3) is 0.600. The predicted molar refractivity (Wildman–Crippen MR) is 155 cm³/mol. The number of rotatable bonds is 9. The predicted octanol–water partition coefficient (Wildman–Crippen LogP) is 11.5. The first-order chi connectivity index (χ1) is 20.9. The summed E-state index contributed by atoms with van der Waals surface area (Å²) < 4.78 is 104. The van der Waals surface area contributed by atoms with Crippen molar-refractivity contribution in [2.24, 2.45) is 23.7 Å². The molecule has 0 amide bonds. The monoisotopic (exact) mass is 626 g/mol. The standard InChI is InChI=1S/C35H41F7O2/c1-2-3-22-4-6-23(7-5-22)24-8-10-25(11-9-24)27-14-18-30(31(36)20-27)26-12-15-28(16-13-26)34(38,39)43-29-17-19-33(32(37)21-29)44-35(40,41)42/h2,14,17-26,28H,1,3-13,15-16H2. The third kappa shape index (κ3) is 8.11. The Morgan fingerprint density at radius 3 is 1.86 bits per heavy atom. The Labute approximate surface area is 255 Å². The molecule has 5 rings (SSSR count). The van der Waals surface area contributed by atoms with Crippen molar-refractivity contribution in [1.82, 2.24) is 0 Å². The van der Waals surface area contributed by atoms with E-state index in [0.717, 1.165) is 48.6 Å². The van der Waals surface area contributed by atoms with Crippen molar-refractivity contribution in [3.05, 3.63) is 71.8 Å². The van der Waals surface area contributed by atoms with Crippen LogP contribution in [0, 0.1) is 35.3 Å². The van der Waals surface area contributed by atoms with Gasteiger partial charge in [-0.15, -0.1) is 19.8 Å². The molecule has 3 fully saturated rings. The number of halogens is 7. The maximum Gasteiger partial charge on any atom is 0.573 e. The van der Waals surface area contributed by atoms with Gasteiger partial charge in [0.1, 0.15) is 11.6 Å². The Bertz CT molecular complexity index is 1250. The van der Waals surface area contributed by atoms with E-state index in [1.54, 1.807) is 6.07 Å². The molecular weight excluding hydrogens is 585 g/mol. The maximum absolute atomic E-state index is 15.4. The van der Waals surface area contributed by atoms with E-state index in [0.29, 0.717) is 36.5 Å². The molecule has 0 unspecified atom stereocenters. The molecule has 0 aromatic heterocycles. The normalized spacial score (nSPS) is 28.3. The first-order valence-electron chi connectivity index (χ1n) is 15.9. The van der Waals surface area contributed by atoms with E-state index in [1.165, 1.54) is 38.5 Å². The zero-order valence-corrected chi connectivity index (χ0v) is 24.9. The zero-order chi connectivity index (χ0) is 31.5. The Balaban J connectivity index is 1.11. The van der Waals surface area contributed by atoms with Crippen molar-refractivity contribution in [3.63, 3.8) is 0 Å². The molecule has 3 saturated carbocycles. The maximum atomic E-state index is 15.4. The summed E-state index contributed by atoms with van der Waals surface area (Å²) in [6, 6.07) is 7.33. The topological polar surface area (TPSA) is 18.5 Å². The van der Waals surface area contributed by atoms with Crippen molar-refractivity contribution in [2.75, 3.05) is 0 Å². The highest BCUT2D eigenvalue weighted by Crippen LogP contribution is 2.47. The summed E-state index contributed by atoms with van der Waals surface area (Å²) in [5.41, 5.74) is 1.57. The molecule has 0 saturated heterocycles. The third-order valence-corrected chi connectivity index (χ3v) is 10.4. The SMILES string of the molecule is C=CCC1CCC(C2CCC(c3ccc(C4CCC(C(F)(F)Oc5ccc(OC(F)(F)F)c(F)c5)CC4)c(F)c3)CC2)CC1. The van der Waals surface area contributed by atoms with E-state index in [1.807, 2.05) is 18.2 Å². The summed E-state index contributed by atoms with van der Waals surface area (Å²) in [4.78, 5) is 0. The lowest BCUT2D eigenvalue weighted by molar-refractivity contribution is -0.275. The van der Waals surface area contributed by atoms with Gasteiger partial charge in [0.25, 0.3) is 0 Å². The van der Waals surface area contributed by atoms with Crippen LogP contribution in [0.25, 0.3) is 0 Å². The van der Waals surface area contributed by atoms with E-state index in [9.17, 15) is 26.3 Å². The van der Waals surface area contributed by atoms with Gasteiger partial charge in [-0.2, -0.15) is 8.78 Å². The van der Waals surface area contributed by atoms with E-state index < -0.39 is 35.7 Å². The molecule has 3 aliphatic rings. The second kappa shape index (κ2) is 13.7. The Morgan fingerprint density at radius 1 is 0.682 bits per heavy atom. The number of hydrogen-bond acceptors (Lipinski definition) is 2. The molecule has 0 bridgehead atoms. The van der Waals surface area contributed by atoms with Gasteiger partial charge in [0, 0.05) is 6.07 Å². The number of ether oxygens (including phenoxy) is 2. The fourth-order valence-electron chi connectivity index (χ4n) is 7.92. The number of alkyl halides is 5. The second-order valence-electron chi connectivity index (χ2n) is 13.1. The average Bonchev–Trinajstić information content (AvgIpc) is 2.98. The van der Waals surface area contributed by atoms with Gasteiger partial charge in [-0.25, -0.2) is 8.78 Å². The molecule has 0 N–H and O–H groups in total. The second-order valence-corrected chi connectivity index (χ2v) is 13.1. The van der Waals surface area contributed by atoms with Gasteiger partial charge in [0.15, 0.2) is 11.6 Å². The van der Waals surface area contributed by atoms with Crippen LogP contribution < -0.4 is 9.47 Å². The van der Waals surface area contributed by atoms with Crippen molar-refractivity contribution in [3.8, 4) is 11.5 Å². The highest BCUT2D eigenvalue weighted by atomic mass is 19.4. The summed E-state index contributed by atoms with van der Waals surface area (Å²) >= 11 is 0. The highest BCUT2D eigenvalue weighted by molar-refractivity contribution is 5.34. The highest BCUT2D eigenvalue weighted by Gasteiger charge is 2.44. The summed E-state index contributed by atoms with van der Waals surface area (Å²) in [5, 5.41) is 0. The molecular formula is C35H41F7O2. The van der Waals surface area contributed by atoms with Crippen LogP contribution in [-0.4, -0.2) is 12.5 Å². The van der Waals surface area contributed by atoms with Crippen LogP contribution in [0.4, 0.5) is 30.7 Å². The molecule has 0 radical (unpaired) electrons. The molecule has 3 aliphatic carbocycles. The lowest BCUT2D eigenvalue weighted by Gasteiger charge is -2.38. The Hall–Kier alpha value is -2.71. The molecule has 44 heavy (non-hydrogen) atoms. The zero-order valence-electron chi connectivity index (χ0n) is 24.9. The number of hydrogen-bond donors (Lipinski definition) is 0. The molecule has 0 aliphatic heterocycles. The lowest BCUT2D eigenvalue weighted by atomic mass is 9.68. The largest absolute Gasteiger partial charge is 0.573 e. The first-order valence-corrected chi connectivity index (χ1v) is 15.9. The van der Waals surface area contributed by atoms with Crippen LogP contribution >= 0.6 is 0 Å². The molecule has 0 atom stereocenters. The van der Waals surface area contributed by atoms with Crippen LogP contribution in [0.5, 0.6) is 11.5 Å². The van der Waals surface area contributed by atoms with Crippen molar-refractivity contribution in [2.45, 2.75) is 108 Å².